The molecule has 0 aliphatic heterocycles. The highest BCUT2D eigenvalue weighted by Crippen LogP contribution is 2.37. The molecule has 3 heterocycles. The minimum absolute atomic E-state index is 1.13. The molecule has 0 radical (unpaired) electrons. The van der Waals surface area contributed by atoms with E-state index in [4.69, 9.17) is 0 Å². The first-order chi connectivity index (χ1) is 15.3. The van der Waals surface area contributed by atoms with Gasteiger partial charge in [0, 0.05) is 26.7 Å². The molecule has 3 heteroatoms. The van der Waals surface area contributed by atoms with Crippen molar-refractivity contribution in [1.29, 1.82) is 0 Å². The third kappa shape index (κ3) is 4.40. The Morgan fingerprint density at radius 1 is 0.613 bits per heavy atom. The smallest absolute Gasteiger partial charge is 0.0505 e. The van der Waals surface area contributed by atoms with Crippen molar-refractivity contribution in [2.75, 3.05) is 0 Å². The molecule has 0 unspecified atom stereocenters. The summed E-state index contributed by atoms with van der Waals surface area (Å²) in [5.74, 6) is 0. The average Bonchev–Trinajstić information content (AvgIpc) is 3.50. The molecular weight excluding hydrogens is 414 g/mol. The van der Waals surface area contributed by atoms with Gasteiger partial charge in [0.25, 0.3) is 0 Å². The Balaban J connectivity index is 1.32. The molecule has 0 spiro atoms. The van der Waals surface area contributed by atoms with Crippen LogP contribution in [0.1, 0.15) is 71.1 Å². The Kier molecular flexibility index (Phi) is 6.61. The Labute approximate surface area is 193 Å². The molecule has 0 fully saturated rings. The van der Waals surface area contributed by atoms with Crippen LogP contribution in [0, 0.1) is 0 Å². The molecule has 5 rings (SSSR count). The van der Waals surface area contributed by atoms with Crippen LogP contribution in [0.2, 0.25) is 0 Å². The van der Waals surface area contributed by atoms with Gasteiger partial charge in [-0.25, -0.2) is 0 Å². The van der Waals surface area contributed by atoms with Crippen LogP contribution in [0.3, 0.4) is 0 Å². The van der Waals surface area contributed by atoms with E-state index in [0.29, 0.717) is 0 Å². The number of unbranched alkanes of at least 4 members (excludes halogenated alkanes) is 9. The van der Waals surface area contributed by atoms with Gasteiger partial charge in [0.1, 0.15) is 0 Å². The Bertz CT molecular complexity index is 1200. The molecule has 3 aromatic heterocycles. The number of aromatic nitrogens is 1. The molecule has 0 bridgehead atoms. The first-order valence-electron chi connectivity index (χ1n) is 12.2. The van der Waals surface area contributed by atoms with Gasteiger partial charge in [0.2, 0.25) is 0 Å². The van der Waals surface area contributed by atoms with E-state index < -0.39 is 0 Å². The minimum atomic E-state index is 1.13. The van der Waals surface area contributed by atoms with Crippen LogP contribution in [0.4, 0.5) is 0 Å². The summed E-state index contributed by atoms with van der Waals surface area (Å²) in [7, 11) is 0. The maximum absolute atomic E-state index is 2.60. The summed E-state index contributed by atoms with van der Waals surface area (Å²) in [6.45, 7) is 3.42. The number of thiophene rings is 2. The standard InChI is InChI=1S/C28H33NS2/c1-2-3-4-5-6-7-8-9-10-11-14-29-25-19-27-21(12-15-30-27)17-23(25)24-18-22-13-16-31-28(22)20-26(24)29/h12-13,15-20H,2-11,14H2,1H3. The summed E-state index contributed by atoms with van der Waals surface area (Å²) in [6, 6.07) is 14.2. The fraction of sp³-hybridized carbons (Fsp3) is 0.429. The maximum atomic E-state index is 2.60. The van der Waals surface area contributed by atoms with Gasteiger partial charge in [0.05, 0.1) is 11.0 Å². The molecule has 0 saturated heterocycles. The largest absolute Gasteiger partial charge is 0.340 e. The monoisotopic (exact) mass is 447 g/mol. The van der Waals surface area contributed by atoms with Crippen molar-refractivity contribution < 1.29 is 0 Å². The molecule has 162 valence electrons. The summed E-state index contributed by atoms with van der Waals surface area (Å²) in [5, 5.41) is 10.0. The molecule has 0 N–H and O–H groups in total. The van der Waals surface area contributed by atoms with Crippen LogP contribution in [-0.4, -0.2) is 4.57 Å². The third-order valence-electron chi connectivity index (χ3n) is 6.75. The van der Waals surface area contributed by atoms with Crippen LogP contribution in [0.15, 0.2) is 47.2 Å². The van der Waals surface area contributed by atoms with Crippen LogP contribution in [0.25, 0.3) is 42.0 Å². The predicted molar refractivity (Wildman–Crippen MR) is 142 cm³/mol. The first-order valence-corrected chi connectivity index (χ1v) is 13.9. The first kappa shape index (κ1) is 21.0. The van der Waals surface area contributed by atoms with E-state index in [1.54, 1.807) is 0 Å². The Morgan fingerprint density at radius 2 is 1.10 bits per heavy atom. The van der Waals surface area contributed by atoms with Crippen molar-refractivity contribution in [2.24, 2.45) is 0 Å². The van der Waals surface area contributed by atoms with Crippen molar-refractivity contribution in [1.82, 2.24) is 4.57 Å². The zero-order valence-electron chi connectivity index (χ0n) is 18.7. The summed E-state index contributed by atoms with van der Waals surface area (Å²) in [6.07, 6.45) is 13.9. The van der Waals surface area contributed by atoms with Crippen molar-refractivity contribution in [3.8, 4) is 0 Å². The molecule has 0 aliphatic rings. The van der Waals surface area contributed by atoms with Gasteiger partial charge in [-0.15, -0.1) is 22.7 Å². The van der Waals surface area contributed by atoms with Gasteiger partial charge in [-0.2, -0.15) is 0 Å². The summed E-state index contributed by atoms with van der Waals surface area (Å²) < 4.78 is 5.41. The number of benzene rings is 2. The van der Waals surface area contributed by atoms with Gasteiger partial charge >= 0.3 is 0 Å². The van der Waals surface area contributed by atoms with Crippen LogP contribution in [0.5, 0.6) is 0 Å². The zero-order valence-corrected chi connectivity index (χ0v) is 20.3. The van der Waals surface area contributed by atoms with E-state index in [9.17, 15) is 0 Å². The maximum Gasteiger partial charge on any atom is 0.0505 e. The molecule has 31 heavy (non-hydrogen) atoms. The van der Waals surface area contributed by atoms with Crippen molar-refractivity contribution in [3.05, 3.63) is 47.2 Å². The number of rotatable bonds is 11. The number of hydrogen-bond acceptors (Lipinski definition) is 2. The number of hydrogen-bond donors (Lipinski definition) is 0. The third-order valence-corrected chi connectivity index (χ3v) is 8.51. The molecule has 5 aromatic rings. The Morgan fingerprint density at radius 3 is 1.61 bits per heavy atom. The summed E-state index contributed by atoms with van der Waals surface area (Å²) >= 11 is 3.72. The molecular formula is C28H33NS2. The molecule has 0 amide bonds. The van der Waals surface area contributed by atoms with E-state index >= 15 is 0 Å². The SMILES string of the molecule is CCCCCCCCCCCCn1c2cc3sccc3cc2c2cc3ccsc3cc21. The van der Waals surface area contributed by atoms with E-state index in [2.05, 4.69) is 58.6 Å². The second-order valence-electron chi connectivity index (χ2n) is 8.99. The molecule has 2 aromatic carbocycles. The van der Waals surface area contributed by atoms with Gasteiger partial charge in [0.15, 0.2) is 0 Å². The van der Waals surface area contributed by atoms with Gasteiger partial charge < -0.3 is 4.57 Å². The second-order valence-corrected chi connectivity index (χ2v) is 10.9. The van der Waals surface area contributed by atoms with Gasteiger partial charge in [-0.05, 0) is 64.4 Å². The van der Waals surface area contributed by atoms with Crippen LogP contribution >= 0.6 is 22.7 Å². The lowest BCUT2D eigenvalue weighted by molar-refractivity contribution is 0.541. The van der Waals surface area contributed by atoms with Crippen LogP contribution < -0.4 is 0 Å². The quantitative estimate of drug-likeness (QED) is 0.177. The molecule has 0 atom stereocenters. The highest BCUT2D eigenvalue weighted by molar-refractivity contribution is 7.17. The number of fused-ring (bicyclic) bond motifs is 5. The average molecular weight is 448 g/mol. The fourth-order valence-corrected chi connectivity index (χ4v) is 6.61. The van der Waals surface area contributed by atoms with Crippen molar-refractivity contribution in [2.45, 2.75) is 77.7 Å². The normalized spacial score (nSPS) is 12.2. The van der Waals surface area contributed by atoms with E-state index in [1.807, 2.05) is 22.7 Å². The second kappa shape index (κ2) is 9.75. The van der Waals surface area contributed by atoms with E-state index in [1.165, 1.54) is 106 Å². The van der Waals surface area contributed by atoms with Gasteiger partial charge in [-0.1, -0.05) is 64.7 Å². The van der Waals surface area contributed by atoms with E-state index in [0.717, 1.165) is 6.54 Å². The Hall–Kier alpha value is -1.84. The molecule has 0 saturated carbocycles. The lowest BCUT2D eigenvalue weighted by atomic mass is 10.1. The van der Waals surface area contributed by atoms with Gasteiger partial charge in [-0.3, -0.25) is 0 Å². The number of aryl methyl sites for hydroxylation is 1. The molecule has 0 aliphatic carbocycles. The summed E-state index contributed by atoms with van der Waals surface area (Å²) in [4.78, 5) is 0. The summed E-state index contributed by atoms with van der Waals surface area (Å²) in [5.41, 5.74) is 2.83. The van der Waals surface area contributed by atoms with Crippen molar-refractivity contribution >= 4 is 64.7 Å². The fourth-order valence-electron chi connectivity index (χ4n) is 5.00. The zero-order chi connectivity index (χ0) is 21.0. The number of nitrogens with zero attached hydrogens (tertiary/aromatic N) is 1. The predicted octanol–water partition coefficient (Wildman–Crippen LogP) is 10.1. The molecule has 1 nitrogen and oxygen atoms in total. The van der Waals surface area contributed by atoms with Crippen molar-refractivity contribution in [3.63, 3.8) is 0 Å². The lowest BCUT2D eigenvalue weighted by Crippen LogP contribution is -1.97. The highest BCUT2D eigenvalue weighted by atomic mass is 32.1. The lowest BCUT2D eigenvalue weighted by Gasteiger charge is -2.08. The minimum Gasteiger partial charge on any atom is -0.340 e. The van der Waals surface area contributed by atoms with Crippen LogP contribution in [-0.2, 0) is 6.54 Å². The highest BCUT2D eigenvalue weighted by Gasteiger charge is 2.13. The van der Waals surface area contributed by atoms with E-state index in [-0.39, 0.29) is 0 Å². The topological polar surface area (TPSA) is 4.93 Å².